The predicted molar refractivity (Wildman–Crippen MR) is 42.0 cm³/mol. The molecule has 0 radical (unpaired) electrons. The molecule has 0 aromatic carbocycles. The van der Waals surface area contributed by atoms with E-state index in [2.05, 4.69) is 17.2 Å². The molecular formula is C8H12N2O. The first-order valence-electron chi connectivity index (χ1n) is 3.96. The van der Waals surface area contributed by atoms with Crippen LogP contribution in [0, 0.1) is 11.8 Å². The Morgan fingerprint density at radius 2 is 2.18 bits per heavy atom. The molecule has 1 aliphatic heterocycles. The number of nitrogens with one attached hydrogen (secondary N) is 2. The Morgan fingerprint density at radius 3 is 2.73 bits per heavy atom. The third-order valence-electron chi connectivity index (χ3n) is 2.59. The van der Waals surface area contributed by atoms with Gasteiger partial charge in [0.1, 0.15) is 0 Å². The second kappa shape index (κ2) is 2.34. The monoisotopic (exact) mass is 152 g/mol. The molecule has 60 valence electrons. The second-order valence-electron chi connectivity index (χ2n) is 3.22. The lowest BCUT2D eigenvalue weighted by atomic mass is 10.4. The first-order chi connectivity index (χ1) is 5.33. The molecule has 0 bridgehead atoms. The lowest BCUT2D eigenvalue weighted by Crippen LogP contribution is -2.31. The fourth-order valence-electron chi connectivity index (χ4n) is 1.86. The third kappa shape index (κ3) is 1.05. The van der Waals surface area contributed by atoms with Crippen LogP contribution in [0.15, 0.2) is 12.7 Å². The molecule has 1 saturated carbocycles. The number of carbonyl (C=O) groups is 1. The molecule has 1 unspecified atom stereocenters. The standard InChI is InChI=1S/C8H12N2O/c1-2-7(11)10-8-5-3-9-4-6(5)8/h2,5-6,8-9H,1,3-4H2,(H,10,11)/t5-,6+,8?. The van der Waals surface area contributed by atoms with Gasteiger partial charge in [-0.1, -0.05) is 6.58 Å². The number of fused-ring (bicyclic) bond motifs is 1. The number of hydrogen-bond donors (Lipinski definition) is 2. The maximum absolute atomic E-state index is 10.8. The molecule has 0 spiro atoms. The van der Waals surface area contributed by atoms with Gasteiger partial charge >= 0.3 is 0 Å². The Labute approximate surface area is 65.9 Å². The Balaban J connectivity index is 1.83. The number of amides is 1. The summed E-state index contributed by atoms with van der Waals surface area (Å²) in [6.07, 6.45) is 1.33. The summed E-state index contributed by atoms with van der Waals surface area (Å²) in [5, 5.41) is 6.17. The van der Waals surface area contributed by atoms with Crippen molar-refractivity contribution in [2.45, 2.75) is 6.04 Å². The largest absolute Gasteiger partial charge is 0.349 e. The van der Waals surface area contributed by atoms with Crippen LogP contribution >= 0.6 is 0 Å². The lowest BCUT2D eigenvalue weighted by Gasteiger charge is -2.03. The third-order valence-corrected chi connectivity index (χ3v) is 2.59. The normalized spacial score (nSPS) is 39.5. The highest BCUT2D eigenvalue weighted by Crippen LogP contribution is 2.41. The highest BCUT2D eigenvalue weighted by atomic mass is 16.1. The summed E-state index contributed by atoms with van der Waals surface area (Å²) in [5.74, 6) is 1.35. The van der Waals surface area contributed by atoms with Crippen molar-refractivity contribution in [3.05, 3.63) is 12.7 Å². The topological polar surface area (TPSA) is 41.1 Å². The fraction of sp³-hybridized carbons (Fsp3) is 0.625. The molecule has 2 fully saturated rings. The maximum atomic E-state index is 10.8. The van der Waals surface area contributed by atoms with Crippen LogP contribution in [-0.2, 0) is 4.79 Å². The van der Waals surface area contributed by atoms with Gasteiger partial charge in [0, 0.05) is 19.1 Å². The van der Waals surface area contributed by atoms with Gasteiger partial charge in [0.2, 0.25) is 5.91 Å². The summed E-state index contributed by atoms with van der Waals surface area (Å²) in [4.78, 5) is 10.8. The number of piperidine rings is 1. The van der Waals surface area contributed by atoms with Gasteiger partial charge in [0.25, 0.3) is 0 Å². The van der Waals surface area contributed by atoms with Gasteiger partial charge in [0.15, 0.2) is 0 Å². The molecule has 3 heteroatoms. The number of hydrogen-bond acceptors (Lipinski definition) is 2. The molecule has 11 heavy (non-hydrogen) atoms. The van der Waals surface area contributed by atoms with Crippen LogP contribution in [0.5, 0.6) is 0 Å². The summed E-state index contributed by atoms with van der Waals surface area (Å²) >= 11 is 0. The molecular weight excluding hydrogens is 140 g/mol. The van der Waals surface area contributed by atoms with E-state index in [0.29, 0.717) is 17.9 Å². The first kappa shape index (κ1) is 6.85. The Bertz CT molecular complexity index is 192. The van der Waals surface area contributed by atoms with Crippen LogP contribution in [0.1, 0.15) is 0 Å². The highest BCUT2D eigenvalue weighted by Gasteiger charge is 2.53. The summed E-state index contributed by atoms with van der Waals surface area (Å²) in [6.45, 7) is 5.53. The molecule has 2 aliphatic rings. The first-order valence-corrected chi connectivity index (χ1v) is 3.96. The van der Waals surface area contributed by atoms with E-state index in [4.69, 9.17) is 0 Å². The van der Waals surface area contributed by atoms with Crippen molar-refractivity contribution < 1.29 is 4.79 Å². The summed E-state index contributed by atoms with van der Waals surface area (Å²) in [5.41, 5.74) is 0. The molecule has 3 nitrogen and oxygen atoms in total. The van der Waals surface area contributed by atoms with E-state index >= 15 is 0 Å². The van der Waals surface area contributed by atoms with E-state index in [1.54, 1.807) is 0 Å². The minimum Gasteiger partial charge on any atom is -0.349 e. The molecule has 1 amide bonds. The van der Waals surface area contributed by atoms with E-state index in [9.17, 15) is 4.79 Å². The van der Waals surface area contributed by atoms with Gasteiger partial charge in [-0.3, -0.25) is 4.79 Å². The zero-order chi connectivity index (χ0) is 7.84. The molecule has 2 N–H and O–H groups in total. The van der Waals surface area contributed by atoms with Crippen molar-refractivity contribution in [3.63, 3.8) is 0 Å². The SMILES string of the molecule is C=CC(=O)NC1[C@H]2CNC[C@@H]12. The van der Waals surface area contributed by atoms with Crippen LogP contribution in [0.3, 0.4) is 0 Å². The average Bonchev–Trinajstić information content (AvgIpc) is 2.52. The van der Waals surface area contributed by atoms with E-state index in [1.165, 1.54) is 6.08 Å². The lowest BCUT2D eigenvalue weighted by molar-refractivity contribution is -0.116. The minimum absolute atomic E-state index is 0.0376. The second-order valence-corrected chi connectivity index (χ2v) is 3.22. The van der Waals surface area contributed by atoms with Gasteiger partial charge in [-0.2, -0.15) is 0 Å². The Morgan fingerprint density at radius 1 is 1.55 bits per heavy atom. The van der Waals surface area contributed by atoms with E-state index in [0.717, 1.165) is 13.1 Å². The fourth-order valence-corrected chi connectivity index (χ4v) is 1.86. The van der Waals surface area contributed by atoms with E-state index < -0.39 is 0 Å². The molecule has 1 heterocycles. The Kier molecular flexibility index (Phi) is 1.46. The molecule has 0 aromatic heterocycles. The molecule has 0 aromatic rings. The molecule has 1 aliphatic carbocycles. The van der Waals surface area contributed by atoms with Crippen molar-refractivity contribution >= 4 is 5.91 Å². The molecule has 3 atom stereocenters. The average molecular weight is 152 g/mol. The van der Waals surface area contributed by atoms with Gasteiger partial charge in [-0.15, -0.1) is 0 Å². The van der Waals surface area contributed by atoms with Gasteiger partial charge in [-0.25, -0.2) is 0 Å². The highest BCUT2D eigenvalue weighted by molar-refractivity contribution is 5.87. The maximum Gasteiger partial charge on any atom is 0.243 e. The predicted octanol–water partition coefficient (Wildman–Crippen LogP) is -0.494. The number of rotatable bonds is 2. The molecule has 2 rings (SSSR count). The van der Waals surface area contributed by atoms with E-state index in [-0.39, 0.29) is 5.91 Å². The summed E-state index contributed by atoms with van der Waals surface area (Å²) in [6, 6.07) is 0.432. The minimum atomic E-state index is -0.0376. The quantitative estimate of drug-likeness (QED) is 0.524. The van der Waals surface area contributed by atoms with Crippen molar-refractivity contribution in [2.24, 2.45) is 11.8 Å². The van der Waals surface area contributed by atoms with Gasteiger partial charge in [0.05, 0.1) is 0 Å². The van der Waals surface area contributed by atoms with E-state index in [1.807, 2.05) is 0 Å². The van der Waals surface area contributed by atoms with Crippen molar-refractivity contribution in [2.75, 3.05) is 13.1 Å². The van der Waals surface area contributed by atoms with Gasteiger partial charge in [-0.05, 0) is 17.9 Å². The van der Waals surface area contributed by atoms with Crippen LogP contribution in [0.2, 0.25) is 0 Å². The molecule has 1 saturated heterocycles. The smallest absolute Gasteiger partial charge is 0.243 e. The van der Waals surface area contributed by atoms with Crippen molar-refractivity contribution in [1.82, 2.24) is 10.6 Å². The number of carbonyl (C=O) groups excluding carboxylic acids is 1. The van der Waals surface area contributed by atoms with Crippen molar-refractivity contribution in [3.8, 4) is 0 Å². The van der Waals surface area contributed by atoms with Gasteiger partial charge < -0.3 is 10.6 Å². The zero-order valence-corrected chi connectivity index (χ0v) is 6.34. The summed E-state index contributed by atoms with van der Waals surface area (Å²) < 4.78 is 0. The van der Waals surface area contributed by atoms with Crippen LogP contribution in [0.4, 0.5) is 0 Å². The summed E-state index contributed by atoms with van der Waals surface area (Å²) in [7, 11) is 0. The Hall–Kier alpha value is -0.830. The van der Waals surface area contributed by atoms with Crippen LogP contribution < -0.4 is 10.6 Å². The van der Waals surface area contributed by atoms with Crippen LogP contribution in [0.25, 0.3) is 0 Å². The zero-order valence-electron chi connectivity index (χ0n) is 6.34. The van der Waals surface area contributed by atoms with Crippen LogP contribution in [-0.4, -0.2) is 25.0 Å². The van der Waals surface area contributed by atoms with Crippen molar-refractivity contribution in [1.29, 1.82) is 0 Å².